The highest BCUT2D eigenvalue weighted by atomic mass is 16.2. The predicted molar refractivity (Wildman–Crippen MR) is 96.5 cm³/mol. The number of pyridine rings is 1. The van der Waals surface area contributed by atoms with Crippen molar-refractivity contribution in [1.82, 2.24) is 20.2 Å². The lowest BCUT2D eigenvalue weighted by molar-refractivity contribution is 0.0955. The number of aromatic nitrogens is 3. The van der Waals surface area contributed by atoms with Crippen molar-refractivity contribution in [2.75, 3.05) is 0 Å². The van der Waals surface area contributed by atoms with Crippen LogP contribution in [0.2, 0.25) is 0 Å². The van der Waals surface area contributed by atoms with Crippen LogP contribution in [-0.2, 0) is 6.54 Å². The molecular formula is C19H19N5O. The highest BCUT2D eigenvalue weighted by Crippen LogP contribution is 2.09. The van der Waals surface area contributed by atoms with Gasteiger partial charge in [0.25, 0.3) is 5.91 Å². The highest BCUT2D eigenvalue weighted by molar-refractivity contribution is 5.94. The van der Waals surface area contributed by atoms with Crippen LogP contribution in [0.4, 0.5) is 0 Å². The third kappa shape index (κ3) is 4.38. The van der Waals surface area contributed by atoms with Crippen LogP contribution < -0.4 is 5.43 Å². The zero-order valence-corrected chi connectivity index (χ0v) is 14.2. The topological polar surface area (TPSA) is 72.2 Å². The van der Waals surface area contributed by atoms with E-state index in [4.69, 9.17) is 0 Å². The summed E-state index contributed by atoms with van der Waals surface area (Å²) in [6.45, 7) is 4.69. The number of amides is 1. The Bertz CT molecular complexity index is 882. The monoisotopic (exact) mass is 333 g/mol. The average molecular weight is 333 g/mol. The molecule has 1 amide bonds. The summed E-state index contributed by atoms with van der Waals surface area (Å²) in [5, 5.41) is 8.39. The number of hydrazone groups is 1. The summed E-state index contributed by atoms with van der Waals surface area (Å²) < 4.78 is 1.95. The van der Waals surface area contributed by atoms with Crippen molar-refractivity contribution in [2.45, 2.75) is 20.4 Å². The van der Waals surface area contributed by atoms with Crippen molar-refractivity contribution in [3.05, 3.63) is 82.9 Å². The van der Waals surface area contributed by atoms with Gasteiger partial charge in [0.2, 0.25) is 0 Å². The van der Waals surface area contributed by atoms with Gasteiger partial charge in [-0.25, -0.2) is 5.43 Å². The maximum Gasteiger partial charge on any atom is 0.271 e. The van der Waals surface area contributed by atoms with Gasteiger partial charge in [0.1, 0.15) is 0 Å². The van der Waals surface area contributed by atoms with Gasteiger partial charge < -0.3 is 0 Å². The molecule has 6 nitrogen and oxygen atoms in total. The van der Waals surface area contributed by atoms with E-state index in [2.05, 4.69) is 20.6 Å². The molecule has 0 aliphatic heterocycles. The lowest BCUT2D eigenvalue weighted by Gasteiger charge is -2.06. The molecule has 25 heavy (non-hydrogen) atoms. The van der Waals surface area contributed by atoms with Gasteiger partial charge in [-0.1, -0.05) is 18.2 Å². The Morgan fingerprint density at radius 3 is 2.68 bits per heavy atom. The first-order valence-corrected chi connectivity index (χ1v) is 7.95. The number of nitrogens with one attached hydrogen (secondary N) is 1. The van der Waals surface area contributed by atoms with Gasteiger partial charge in [-0.15, -0.1) is 0 Å². The van der Waals surface area contributed by atoms with Crippen molar-refractivity contribution >= 4 is 12.1 Å². The summed E-state index contributed by atoms with van der Waals surface area (Å²) in [7, 11) is 0. The van der Waals surface area contributed by atoms with Crippen molar-refractivity contribution in [1.29, 1.82) is 0 Å². The van der Waals surface area contributed by atoms with E-state index >= 15 is 0 Å². The Labute approximate surface area is 146 Å². The second-order valence-electron chi connectivity index (χ2n) is 5.77. The molecule has 2 aromatic heterocycles. The maximum absolute atomic E-state index is 12.1. The smallest absolute Gasteiger partial charge is 0.267 e. The van der Waals surface area contributed by atoms with Crippen molar-refractivity contribution in [2.24, 2.45) is 5.10 Å². The van der Waals surface area contributed by atoms with Gasteiger partial charge in [0.15, 0.2) is 0 Å². The molecule has 1 N–H and O–H groups in total. The molecule has 1 aromatic carbocycles. The lowest BCUT2D eigenvalue weighted by atomic mass is 10.1. The van der Waals surface area contributed by atoms with Crippen LogP contribution in [0.1, 0.15) is 32.9 Å². The van der Waals surface area contributed by atoms with Crippen molar-refractivity contribution < 1.29 is 4.79 Å². The molecule has 0 atom stereocenters. The first-order valence-electron chi connectivity index (χ1n) is 7.95. The van der Waals surface area contributed by atoms with Gasteiger partial charge >= 0.3 is 0 Å². The lowest BCUT2D eigenvalue weighted by Crippen LogP contribution is -2.17. The zero-order valence-electron chi connectivity index (χ0n) is 14.2. The van der Waals surface area contributed by atoms with Crippen molar-refractivity contribution in [3.63, 3.8) is 0 Å². The van der Waals surface area contributed by atoms with E-state index in [0.29, 0.717) is 12.1 Å². The minimum absolute atomic E-state index is 0.252. The summed E-state index contributed by atoms with van der Waals surface area (Å²) in [4.78, 5) is 16.1. The molecule has 0 saturated carbocycles. The third-order valence-electron chi connectivity index (χ3n) is 3.72. The average Bonchev–Trinajstić information content (AvgIpc) is 2.93. The number of hydrogen-bond donors (Lipinski definition) is 1. The Kier molecular flexibility index (Phi) is 4.99. The number of aryl methyl sites for hydroxylation is 2. The minimum atomic E-state index is -0.252. The molecule has 0 aliphatic rings. The van der Waals surface area contributed by atoms with E-state index in [9.17, 15) is 4.79 Å². The maximum atomic E-state index is 12.1. The molecule has 0 aliphatic carbocycles. The second kappa shape index (κ2) is 7.53. The fourth-order valence-corrected chi connectivity index (χ4v) is 2.45. The molecule has 0 radical (unpaired) electrons. The number of carbonyl (C=O) groups is 1. The number of hydrogen-bond acceptors (Lipinski definition) is 4. The molecule has 126 valence electrons. The van der Waals surface area contributed by atoms with Gasteiger partial charge in [-0.05, 0) is 43.7 Å². The van der Waals surface area contributed by atoms with Crippen LogP contribution in [0.15, 0.2) is 60.0 Å². The first-order chi connectivity index (χ1) is 12.1. The van der Waals surface area contributed by atoms with E-state index in [-0.39, 0.29) is 5.91 Å². The van der Waals surface area contributed by atoms with Crippen LogP contribution in [0.3, 0.4) is 0 Å². The zero-order chi connectivity index (χ0) is 17.6. The Balaban J connectivity index is 1.60. The number of carbonyl (C=O) groups excluding carboxylic acids is 1. The second-order valence-corrected chi connectivity index (χ2v) is 5.77. The van der Waals surface area contributed by atoms with E-state index in [1.807, 2.05) is 48.9 Å². The molecule has 3 aromatic rings. The Morgan fingerprint density at radius 2 is 2.04 bits per heavy atom. The molecule has 0 saturated heterocycles. The van der Waals surface area contributed by atoms with E-state index in [1.54, 1.807) is 30.7 Å². The highest BCUT2D eigenvalue weighted by Gasteiger charge is 2.06. The van der Waals surface area contributed by atoms with Gasteiger partial charge in [-0.3, -0.25) is 14.5 Å². The molecule has 0 bridgehead atoms. The first kappa shape index (κ1) is 16.6. The van der Waals surface area contributed by atoms with Crippen LogP contribution in [0, 0.1) is 13.8 Å². The Hall–Kier alpha value is -3.28. The molecule has 0 unspecified atom stereocenters. The summed E-state index contributed by atoms with van der Waals surface area (Å²) >= 11 is 0. The van der Waals surface area contributed by atoms with E-state index in [0.717, 1.165) is 22.5 Å². The number of rotatable bonds is 5. The van der Waals surface area contributed by atoms with E-state index in [1.165, 1.54) is 0 Å². The van der Waals surface area contributed by atoms with Crippen LogP contribution in [0.5, 0.6) is 0 Å². The molecule has 6 heteroatoms. The largest absolute Gasteiger partial charge is 0.271 e. The predicted octanol–water partition coefficient (Wildman–Crippen LogP) is 2.71. The quantitative estimate of drug-likeness (QED) is 0.576. The van der Waals surface area contributed by atoms with Crippen molar-refractivity contribution in [3.8, 4) is 0 Å². The molecule has 0 spiro atoms. The fourth-order valence-electron chi connectivity index (χ4n) is 2.45. The van der Waals surface area contributed by atoms with Gasteiger partial charge in [-0.2, -0.15) is 10.2 Å². The van der Waals surface area contributed by atoms with Gasteiger partial charge in [0, 0.05) is 29.2 Å². The number of nitrogens with zero attached hydrogens (tertiary/aromatic N) is 4. The van der Waals surface area contributed by atoms with Crippen LogP contribution >= 0.6 is 0 Å². The summed E-state index contributed by atoms with van der Waals surface area (Å²) in [5.74, 6) is -0.252. The Morgan fingerprint density at radius 1 is 1.24 bits per heavy atom. The molecule has 3 rings (SSSR count). The fraction of sp³-hybridized carbons (Fsp3) is 0.158. The standard InChI is InChI=1S/C19H19N5O/c1-14-10-15(2)24(23-14)13-16-5-7-18(8-6-16)19(25)22-21-12-17-4-3-9-20-11-17/h3-12H,13H2,1-2H3,(H,22,25)/b21-12+. The van der Waals surface area contributed by atoms with Crippen LogP contribution in [-0.4, -0.2) is 26.9 Å². The van der Waals surface area contributed by atoms with Crippen LogP contribution in [0.25, 0.3) is 0 Å². The summed E-state index contributed by atoms with van der Waals surface area (Å²) in [6, 6.07) is 13.1. The molecule has 2 heterocycles. The van der Waals surface area contributed by atoms with E-state index < -0.39 is 0 Å². The SMILES string of the molecule is Cc1cc(C)n(Cc2ccc(C(=O)N/N=C/c3cccnc3)cc2)n1. The normalized spacial score (nSPS) is 11.0. The summed E-state index contributed by atoms with van der Waals surface area (Å²) in [5.41, 5.74) is 7.09. The minimum Gasteiger partial charge on any atom is -0.267 e. The number of benzene rings is 1. The molecule has 0 fully saturated rings. The summed E-state index contributed by atoms with van der Waals surface area (Å²) in [6.07, 6.45) is 4.91. The van der Waals surface area contributed by atoms with Gasteiger partial charge in [0.05, 0.1) is 18.5 Å². The molecular weight excluding hydrogens is 314 g/mol. The third-order valence-corrected chi connectivity index (χ3v) is 3.72.